The molecule has 3 rings (SSSR count). The van der Waals surface area contributed by atoms with Crippen LogP contribution in [-0.4, -0.2) is 40.8 Å². The lowest BCUT2D eigenvalue weighted by molar-refractivity contribution is 0.0696. The van der Waals surface area contributed by atoms with Crippen LogP contribution in [0.15, 0.2) is 47.3 Å². The zero-order valence-corrected chi connectivity index (χ0v) is 14.1. The fourth-order valence-electron chi connectivity index (χ4n) is 3.00. The molecule has 0 bridgehead atoms. The fourth-order valence-corrected chi connectivity index (χ4v) is 3.00. The smallest absolute Gasteiger partial charge is 0.260 e. The Balaban J connectivity index is 1.57. The quantitative estimate of drug-likeness (QED) is 0.893. The zero-order chi connectivity index (χ0) is 17.8. The first-order valence-corrected chi connectivity index (χ1v) is 8.39. The highest BCUT2D eigenvalue weighted by Gasteiger charge is 2.26. The van der Waals surface area contributed by atoms with Crippen molar-refractivity contribution in [1.29, 1.82) is 0 Å². The molecule has 6 nitrogen and oxygen atoms in total. The van der Waals surface area contributed by atoms with Crippen LogP contribution in [0.25, 0.3) is 0 Å². The van der Waals surface area contributed by atoms with E-state index >= 15 is 0 Å². The van der Waals surface area contributed by atoms with Crippen molar-refractivity contribution in [2.24, 2.45) is 0 Å². The number of carbonyl (C=O) groups excluding carboxylic acids is 2. The van der Waals surface area contributed by atoms with Crippen molar-refractivity contribution in [3.05, 3.63) is 69.6 Å². The molecule has 0 atom stereocenters. The Morgan fingerprint density at radius 2 is 1.76 bits per heavy atom. The molecule has 130 valence electrons. The van der Waals surface area contributed by atoms with Gasteiger partial charge in [-0.3, -0.25) is 14.4 Å². The maximum atomic E-state index is 12.5. The number of pyridine rings is 1. The topological polar surface area (TPSA) is 82.3 Å². The largest absolute Gasteiger partial charge is 0.349 e. The summed E-state index contributed by atoms with van der Waals surface area (Å²) >= 11 is 0. The van der Waals surface area contributed by atoms with E-state index < -0.39 is 0 Å². The molecule has 2 N–H and O–H groups in total. The van der Waals surface area contributed by atoms with Gasteiger partial charge in [-0.25, -0.2) is 0 Å². The molecule has 1 fully saturated rings. The van der Waals surface area contributed by atoms with Crippen LogP contribution in [-0.2, 0) is 0 Å². The first-order chi connectivity index (χ1) is 12.0. The minimum atomic E-state index is -0.357. The molecule has 1 saturated heterocycles. The van der Waals surface area contributed by atoms with Crippen LogP contribution in [0.4, 0.5) is 0 Å². The van der Waals surface area contributed by atoms with Gasteiger partial charge in [0.2, 0.25) is 0 Å². The van der Waals surface area contributed by atoms with Crippen LogP contribution >= 0.6 is 0 Å². The summed E-state index contributed by atoms with van der Waals surface area (Å²) in [7, 11) is 0. The van der Waals surface area contributed by atoms with Crippen molar-refractivity contribution in [3.63, 3.8) is 0 Å². The summed E-state index contributed by atoms with van der Waals surface area (Å²) in [5.41, 5.74) is 1.16. The summed E-state index contributed by atoms with van der Waals surface area (Å²) in [4.78, 5) is 40.9. The standard InChI is InChI=1S/C19H21N3O3/c1-13-7-8-16(18(24)20-13)19(25)22-11-9-15(10-12-22)21-17(23)14-5-3-2-4-6-14/h2-8,15H,9-12H2,1H3,(H,20,24)(H,21,23). The third kappa shape index (κ3) is 3.96. The number of hydrogen-bond acceptors (Lipinski definition) is 3. The van der Waals surface area contributed by atoms with E-state index in [-0.39, 0.29) is 29.0 Å². The maximum absolute atomic E-state index is 12.5. The van der Waals surface area contributed by atoms with Gasteiger partial charge in [0, 0.05) is 30.4 Å². The first kappa shape index (κ1) is 17.0. The average molecular weight is 339 g/mol. The van der Waals surface area contributed by atoms with Gasteiger partial charge in [0.15, 0.2) is 0 Å². The number of nitrogens with zero attached hydrogens (tertiary/aromatic N) is 1. The third-order valence-electron chi connectivity index (χ3n) is 4.44. The number of nitrogens with one attached hydrogen (secondary N) is 2. The second-order valence-corrected chi connectivity index (χ2v) is 6.29. The Morgan fingerprint density at radius 1 is 1.08 bits per heavy atom. The van der Waals surface area contributed by atoms with E-state index in [1.165, 1.54) is 0 Å². The summed E-state index contributed by atoms with van der Waals surface area (Å²) in [6, 6.07) is 12.4. The molecular weight excluding hydrogens is 318 g/mol. The molecule has 1 aliphatic heterocycles. The highest BCUT2D eigenvalue weighted by atomic mass is 16.2. The highest BCUT2D eigenvalue weighted by Crippen LogP contribution is 2.13. The van der Waals surface area contributed by atoms with Gasteiger partial charge in [0.1, 0.15) is 5.56 Å². The van der Waals surface area contributed by atoms with Gasteiger partial charge >= 0.3 is 0 Å². The van der Waals surface area contributed by atoms with E-state index in [0.29, 0.717) is 31.5 Å². The summed E-state index contributed by atoms with van der Waals surface area (Å²) in [5, 5.41) is 3.01. The Hall–Kier alpha value is -2.89. The molecule has 0 unspecified atom stereocenters. The second kappa shape index (κ2) is 7.34. The lowest BCUT2D eigenvalue weighted by atomic mass is 10.0. The number of aromatic nitrogens is 1. The molecule has 25 heavy (non-hydrogen) atoms. The van der Waals surface area contributed by atoms with Crippen LogP contribution in [0.2, 0.25) is 0 Å². The Labute approximate surface area is 145 Å². The van der Waals surface area contributed by atoms with Crippen molar-refractivity contribution in [3.8, 4) is 0 Å². The van der Waals surface area contributed by atoms with Gasteiger partial charge in [-0.2, -0.15) is 0 Å². The lowest BCUT2D eigenvalue weighted by Crippen LogP contribution is -2.47. The van der Waals surface area contributed by atoms with Crippen molar-refractivity contribution in [2.75, 3.05) is 13.1 Å². The van der Waals surface area contributed by atoms with E-state index in [9.17, 15) is 14.4 Å². The summed E-state index contributed by atoms with van der Waals surface area (Å²) in [6.07, 6.45) is 1.35. The molecule has 0 aliphatic carbocycles. The van der Waals surface area contributed by atoms with Crippen LogP contribution in [0.1, 0.15) is 39.3 Å². The zero-order valence-electron chi connectivity index (χ0n) is 14.1. The minimum absolute atomic E-state index is 0.0352. The van der Waals surface area contributed by atoms with E-state index in [1.54, 1.807) is 36.1 Å². The van der Waals surface area contributed by atoms with E-state index in [4.69, 9.17) is 0 Å². The number of aryl methyl sites for hydroxylation is 1. The Kier molecular flexibility index (Phi) is 4.97. The number of amides is 2. The summed E-state index contributed by atoms with van der Waals surface area (Å²) < 4.78 is 0. The number of aromatic amines is 1. The SMILES string of the molecule is Cc1ccc(C(=O)N2CCC(NC(=O)c3ccccc3)CC2)c(=O)[nH]1. The molecule has 0 radical (unpaired) electrons. The predicted molar refractivity (Wildman–Crippen MR) is 94.6 cm³/mol. The molecule has 0 spiro atoms. The van der Waals surface area contributed by atoms with Crippen molar-refractivity contribution >= 4 is 11.8 Å². The van der Waals surface area contributed by atoms with E-state index in [2.05, 4.69) is 10.3 Å². The average Bonchev–Trinajstić information content (AvgIpc) is 2.62. The van der Waals surface area contributed by atoms with Gasteiger partial charge in [-0.05, 0) is 44.0 Å². The fraction of sp³-hybridized carbons (Fsp3) is 0.316. The molecule has 2 heterocycles. The van der Waals surface area contributed by atoms with Gasteiger partial charge < -0.3 is 15.2 Å². The second-order valence-electron chi connectivity index (χ2n) is 6.29. The minimum Gasteiger partial charge on any atom is -0.349 e. The lowest BCUT2D eigenvalue weighted by Gasteiger charge is -2.32. The monoisotopic (exact) mass is 339 g/mol. The van der Waals surface area contributed by atoms with Crippen LogP contribution < -0.4 is 10.9 Å². The number of hydrogen-bond donors (Lipinski definition) is 2. The molecular formula is C19H21N3O3. The van der Waals surface area contributed by atoms with Crippen molar-refractivity contribution in [1.82, 2.24) is 15.2 Å². The molecule has 1 aromatic carbocycles. The van der Waals surface area contributed by atoms with Gasteiger partial charge in [-0.1, -0.05) is 18.2 Å². The van der Waals surface area contributed by atoms with Gasteiger partial charge in [0.05, 0.1) is 0 Å². The maximum Gasteiger partial charge on any atom is 0.260 e. The molecule has 0 saturated carbocycles. The number of carbonyl (C=O) groups is 2. The number of likely N-dealkylation sites (tertiary alicyclic amines) is 1. The predicted octanol–water partition coefficient (Wildman–Crippen LogP) is 1.72. The van der Waals surface area contributed by atoms with Gasteiger partial charge in [0.25, 0.3) is 17.4 Å². The molecule has 1 aliphatic rings. The van der Waals surface area contributed by atoms with Gasteiger partial charge in [-0.15, -0.1) is 0 Å². The third-order valence-corrected chi connectivity index (χ3v) is 4.44. The summed E-state index contributed by atoms with van der Waals surface area (Å²) in [6.45, 7) is 2.81. The Bertz CT molecular complexity index is 821. The highest BCUT2D eigenvalue weighted by molar-refractivity contribution is 5.95. The molecule has 1 aromatic heterocycles. The van der Waals surface area contributed by atoms with E-state index in [1.807, 2.05) is 18.2 Å². The normalized spacial score (nSPS) is 15.0. The van der Waals surface area contributed by atoms with Crippen LogP contribution in [0.3, 0.4) is 0 Å². The van der Waals surface area contributed by atoms with Crippen molar-refractivity contribution < 1.29 is 9.59 Å². The van der Waals surface area contributed by atoms with Crippen molar-refractivity contribution in [2.45, 2.75) is 25.8 Å². The first-order valence-electron chi connectivity index (χ1n) is 8.39. The molecule has 6 heteroatoms. The summed E-state index contributed by atoms with van der Waals surface area (Å²) in [5.74, 6) is -0.352. The number of piperidine rings is 1. The number of benzene rings is 1. The van der Waals surface area contributed by atoms with Crippen LogP contribution in [0, 0.1) is 6.92 Å². The molecule has 2 amide bonds. The van der Waals surface area contributed by atoms with Crippen LogP contribution in [0.5, 0.6) is 0 Å². The van der Waals surface area contributed by atoms with E-state index in [0.717, 1.165) is 5.69 Å². The Morgan fingerprint density at radius 3 is 2.40 bits per heavy atom. The number of rotatable bonds is 3. The molecule has 2 aromatic rings. The number of H-pyrrole nitrogens is 1.